The molecule has 0 fully saturated rings. The number of rotatable bonds is 0. The molecule has 0 bridgehead atoms. The zero-order valence-corrected chi connectivity index (χ0v) is 8.50. The van der Waals surface area contributed by atoms with Crippen LogP contribution in [0.1, 0.15) is 16.7 Å². The molecule has 0 amide bonds. The van der Waals surface area contributed by atoms with E-state index in [2.05, 4.69) is 0 Å². The number of hydrogen-bond donors (Lipinski definition) is 0. The molecule has 0 aliphatic heterocycles. The Bertz CT molecular complexity index is 447. The van der Waals surface area contributed by atoms with Gasteiger partial charge in [-0.25, -0.2) is 0 Å². The molecule has 0 radical (unpaired) electrons. The zero-order chi connectivity index (χ0) is 13.4. The molecule has 0 atom stereocenters. The van der Waals surface area contributed by atoms with Gasteiger partial charge in [-0.1, -0.05) is 11.6 Å². The summed E-state index contributed by atoms with van der Waals surface area (Å²) in [6.07, 6.45) is -10.1. The van der Waals surface area contributed by atoms with Gasteiger partial charge in [0.15, 0.2) is 0 Å². The maximum Gasteiger partial charge on any atom is 0.417 e. The van der Waals surface area contributed by atoms with Gasteiger partial charge in [0, 0.05) is 5.02 Å². The lowest BCUT2D eigenvalue weighted by Crippen LogP contribution is -2.15. The highest BCUT2D eigenvalue weighted by atomic mass is 35.5. The van der Waals surface area contributed by atoms with Gasteiger partial charge in [-0.15, -0.1) is 0 Å². The average Bonchev–Trinajstić information content (AvgIpc) is 2.13. The topological polar surface area (TPSA) is 23.8 Å². The van der Waals surface area contributed by atoms with Crippen molar-refractivity contribution < 1.29 is 26.3 Å². The summed E-state index contributed by atoms with van der Waals surface area (Å²) < 4.78 is 74.4. The molecule has 0 saturated heterocycles. The van der Waals surface area contributed by atoms with Crippen molar-refractivity contribution in [1.29, 1.82) is 5.26 Å². The molecule has 0 spiro atoms. The fourth-order valence-corrected chi connectivity index (χ4v) is 1.39. The predicted octanol–water partition coefficient (Wildman–Crippen LogP) is 4.25. The van der Waals surface area contributed by atoms with E-state index in [4.69, 9.17) is 16.9 Å². The van der Waals surface area contributed by atoms with Crippen LogP contribution in [0.2, 0.25) is 5.02 Å². The Morgan fingerprint density at radius 1 is 0.941 bits per heavy atom. The van der Waals surface area contributed by atoms with Gasteiger partial charge in [-0.3, -0.25) is 0 Å². The van der Waals surface area contributed by atoms with Crippen LogP contribution in [0, 0.1) is 11.3 Å². The number of hydrogen-bond acceptors (Lipinski definition) is 1. The van der Waals surface area contributed by atoms with E-state index in [0.29, 0.717) is 0 Å². The number of nitrogens with zero attached hydrogens (tertiary/aromatic N) is 1. The van der Waals surface area contributed by atoms with Crippen molar-refractivity contribution in [2.45, 2.75) is 12.4 Å². The van der Waals surface area contributed by atoms with E-state index in [0.717, 1.165) is 6.07 Å². The van der Waals surface area contributed by atoms with Gasteiger partial charge in [0.1, 0.15) is 6.07 Å². The standard InChI is InChI=1S/C9H2ClF6N/c10-4-1-6(8(11,12)13)5(3-17)7(2-4)9(14,15)16/h1-2H. The van der Waals surface area contributed by atoms with Gasteiger partial charge in [-0.2, -0.15) is 31.6 Å². The average molecular weight is 274 g/mol. The maximum absolute atomic E-state index is 12.4. The number of nitriles is 1. The number of halogens is 7. The van der Waals surface area contributed by atoms with Crippen LogP contribution in [0.15, 0.2) is 12.1 Å². The van der Waals surface area contributed by atoms with E-state index >= 15 is 0 Å². The predicted molar refractivity (Wildman–Crippen MR) is 46.2 cm³/mol. The van der Waals surface area contributed by atoms with Gasteiger partial charge in [0.05, 0.1) is 16.7 Å². The zero-order valence-electron chi connectivity index (χ0n) is 7.75. The second kappa shape index (κ2) is 4.11. The summed E-state index contributed by atoms with van der Waals surface area (Å²) in [5.74, 6) is 0. The minimum Gasteiger partial charge on any atom is -0.192 e. The highest BCUT2D eigenvalue weighted by molar-refractivity contribution is 6.30. The van der Waals surface area contributed by atoms with Crippen molar-refractivity contribution in [3.63, 3.8) is 0 Å². The molecule has 0 saturated carbocycles. The molecule has 8 heteroatoms. The molecular weight excluding hydrogens is 272 g/mol. The fraction of sp³-hybridized carbons (Fsp3) is 0.222. The van der Waals surface area contributed by atoms with Gasteiger partial charge < -0.3 is 0 Å². The third-order valence-corrected chi connectivity index (χ3v) is 2.04. The largest absolute Gasteiger partial charge is 0.417 e. The molecule has 0 aliphatic rings. The Labute approximate surface area is 96.2 Å². The minimum absolute atomic E-state index is 0.287. The minimum atomic E-state index is -5.07. The van der Waals surface area contributed by atoms with E-state index in [1.165, 1.54) is 0 Å². The molecule has 92 valence electrons. The number of alkyl halides is 6. The van der Waals surface area contributed by atoms with Crippen molar-refractivity contribution in [3.8, 4) is 6.07 Å². The molecule has 1 rings (SSSR count). The maximum atomic E-state index is 12.4. The van der Waals surface area contributed by atoms with Crippen molar-refractivity contribution >= 4 is 11.6 Å². The van der Waals surface area contributed by atoms with Crippen molar-refractivity contribution in [2.24, 2.45) is 0 Å². The lowest BCUT2D eigenvalue weighted by atomic mass is 10.0. The van der Waals surface area contributed by atoms with Crippen molar-refractivity contribution in [3.05, 3.63) is 33.8 Å². The third-order valence-electron chi connectivity index (χ3n) is 1.83. The number of benzene rings is 1. The first-order valence-corrected chi connectivity index (χ1v) is 4.33. The van der Waals surface area contributed by atoms with Gasteiger partial charge >= 0.3 is 12.4 Å². The first-order chi connectivity index (χ1) is 7.57. The normalized spacial score (nSPS) is 12.4. The van der Waals surface area contributed by atoms with Gasteiger partial charge in [0.25, 0.3) is 0 Å². The fourth-order valence-electron chi connectivity index (χ4n) is 1.17. The summed E-state index contributed by atoms with van der Waals surface area (Å²) in [6.45, 7) is 0. The van der Waals surface area contributed by atoms with E-state index in [1.54, 1.807) is 0 Å². The Morgan fingerprint density at radius 2 is 1.29 bits per heavy atom. The molecule has 0 aliphatic carbocycles. The first kappa shape index (κ1) is 13.6. The summed E-state index contributed by atoms with van der Waals surface area (Å²) in [4.78, 5) is 0. The lowest BCUT2D eigenvalue weighted by Gasteiger charge is -2.14. The third kappa shape index (κ3) is 2.82. The second-order valence-electron chi connectivity index (χ2n) is 2.98. The lowest BCUT2D eigenvalue weighted by molar-refractivity contribution is -0.143. The molecule has 1 nitrogen and oxygen atoms in total. The Kier molecular flexibility index (Phi) is 3.30. The summed E-state index contributed by atoms with van der Waals surface area (Å²) in [5, 5.41) is 7.69. The smallest absolute Gasteiger partial charge is 0.192 e. The first-order valence-electron chi connectivity index (χ1n) is 3.95. The van der Waals surface area contributed by atoms with E-state index < -0.39 is 34.1 Å². The molecular formula is C9H2ClF6N. The van der Waals surface area contributed by atoms with E-state index in [9.17, 15) is 26.3 Å². The molecule has 1 aromatic carbocycles. The van der Waals surface area contributed by atoms with Crippen LogP contribution < -0.4 is 0 Å². The van der Waals surface area contributed by atoms with Crippen LogP contribution in [0.4, 0.5) is 26.3 Å². The van der Waals surface area contributed by atoms with Crippen molar-refractivity contribution in [1.82, 2.24) is 0 Å². The quantitative estimate of drug-likeness (QED) is 0.648. The Hall–Kier alpha value is -1.42. The SMILES string of the molecule is N#Cc1c(C(F)(F)F)cc(Cl)cc1C(F)(F)F. The van der Waals surface area contributed by atoms with E-state index in [-0.39, 0.29) is 12.1 Å². The molecule has 0 aromatic heterocycles. The highest BCUT2D eigenvalue weighted by Crippen LogP contribution is 2.40. The van der Waals surface area contributed by atoms with Crippen molar-refractivity contribution in [2.75, 3.05) is 0 Å². The molecule has 0 heterocycles. The summed E-state index contributed by atoms with van der Waals surface area (Å²) in [5.41, 5.74) is -4.87. The van der Waals surface area contributed by atoms with E-state index in [1.807, 2.05) is 0 Å². The summed E-state index contributed by atoms with van der Waals surface area (Å²) in [7, 11) is 0. The van der Waals surface area contributed by atoms with Crippen LogP contribution in [0.25, 0.3) is 0 Å². The second-order valence-corrected chi connectivity index (χ2v) is 3.42. The van der Waals surface area contributed by atoms with Crippen LogP contribution >= 0.6 is 11.6 Å². The van der Waals surface area contributed by atoms with Crippen LogP contribution in [-0.2, 0) is 12.4 Å². The molecule has 0 unspecified atom stereocenters. The molecule has 0 N–H and O–H groups in total. The summed E-state index contributed by atoms with van der Waals surface area (Å²) >= 11 is 5.18. The Balaban J connectivity index is 3.66. The van der Waals surface area contributed by atoms with Gasteiger partial charge in [-0.05, 0) is 12.1 Å². The highest BCUT2D eigenvalue weighted by Gasteiger charge is 2.41. The molecule has 17 heavy (non-hydrogen) atoms. The monoisotopic (exact) mass is 273 g/mol. The van der Waals surface area contributed by atoms with Crippen LogP contribution in [-0.4, -0.2) is 0 Å². The van der Waals surface area contributed by atoms with Crippen LogP contribution in [0.5, 0.6) is 0 Å². The molecule has 1 aromatic rings. The Morgan fingerprint density at radius 3 is 1.53 bits per heavy atom. The van der Waals surface area contributed by atoms with Crippen LogP contribution in [0.3, 0.4) is 0 Å². The summed E-state index contributed by atoms with van der Waals surface area (Å²) in [6, 6.07) is 1.48. The van der Waals surface area contributed by atoms with Gasteiger partial charge in [0.2, 0.25) is 0 Å².